The highest BCUT2D eigenvalue weighted by atomic mass is 16.3. The van der Waals surface area contributed by atoms with Gasteiger partial charge in [-0.3, -0.25) is 0 Å². The first-order valence-electron chi connectivity index (χ1n) is 8.24. The Morgan fingerprint density at radius 1 is 0.950 bits per heavy atom. The van der Waals surface area contributed by atoms with Crippen LogP contribution in [0.25, 0.3) is 0 Å². The molecule has 1 rings (SSSR count). The lowest BCUT2D eigenvalue weighted by Crippen LogP contribution is -2.16. The van der Waals surface area contributed by atoms with Crippen molar-refractivity contribution in [2.75, 3.05) is 0 Å². The number of aliphatic hydroxyl groups is 1. The molecule has 1 atom stereocenters. The van der Waals surface area contributed by atoms with E-state index in [4.69, 9.17) is 0 Å². The van der Waals surface area contributed by atoms with Crippen molar-refractivity contribution in [2.24, 2.45) is 0 Å². The van der Waals surface area contributed by atoms with Crippen LogP contribution in [0.3, 0.4) is 0 Å². The standard InChI is InChI=1S/C19H32O/c1-5-6-7-8-9-10-15-18(20)16-13-11-12-14-17(16)19(2,3)4/h11-14,18,20H,5-10,15H2,1-4H3. The number of benzene rings is 1. The highest BCUT2D eigenvalue weighted by Crippen LogP contribution is 2.31. The van der Waals surface area contributed by atoms with Gasteiger partial charge in [-0.1, -0.05) is 90.5 Å². The van der Waals surface area contributed by atoms with Gasteiger partial charge in [0.1, 0.15) is 0 Å². The maximum Gasteiger partial charge on any atom is 0.0792 e. The summed E-state index contributed by atoms with van der Waals surface area (Å²) in [6.07, 6.45) is 8.23. The first-order chi connectivity index (χ1) is 9.46. The van der Waals surface area contributed by atoms with E-state index < -0.39 is 0 Å². The summed E-state index contributed by atoms with van der Waals surface area (Å²) in [5, 5.41) is 10.5. The van der Waals surface area contributed by atoms with Crippen molar-refractivity contribution < 1.29 is 5.11 Å². The molecule has 20 heavy (non-hydrogen) atoms. The molecule has 114 valence electrons. The number of hydrogen-bond donors (Lipinski definition) is 1. The van der Waals surface area contributed by atoms with Crippen LogP contribution in [0.4, 0.5) is 0 Å². The molecular formula is C19H32O. The van der Waals surface area contributed by atoms with Gasteiger partial charge in [-0.25, -0.2) is 0 Å². The largest absolute Gasteiger partial charge is 0.388 e. The molecule has 1 heteroatoms. The molecule has 1 N–H and O–H groups in total. The monoisotopic (exact) mass is 276 g/mol. The molecule has 0 radical (unpaired) electrons. The molecule has 0 aromatic heterocycles. The SMILES string of the molecule is CCCCCCCCC(O)c1ccccc1C(C)(C)C. The van der Waals surface area contributed by atoms with Crippen LogP contribution in [0.2, 0.25) is 0 Å². The third kappa shape index (κ3) is 5.66. The molecule has 1 aromatic rings. The smallest absolute Gasteiger partial charge is 0.0792 e. The van der Waals surface area contributed by atoms with Gasteiger partial charge in [-0.15, -0.1) is 0 Å². The van der Waals surface area contributed by atoms with Gasteiger partial charge in [0.2, 0.25) is 0 Å². The van der Waals surface area contributed by atoms with Crippen molar-refractivity contribution in [3.05, 3.63) is 35.4 Å². The fourth-order valence-corrected chi connectivity index (χ4v) is 2.74. The fraction of sp³-hybridized carbons (Fsp3) is 0.684. The molecule has 0 aliphatic carbocycles. The Morgan fingerprint density at radius 3 is 2.20 bits per heavy atom. The Kier molecular flexibility index (Phi) is 7.29. The first-order valence-corrected chi connectivity index (χ1v) is 8.24. The summed E-state index contributed by atoms with van der Waals surface area (Å²) in [5.74, 6) is 0. The van der Waals surface area contributed by atoms with Gasteiger partial charge in [0, 0.05) is 0 Å². The number of aliphatic hydroxyl groups excluding tert-OH is 1. The van der Waals surface area contributed by atoms with Crippen LogP contribution >= 0.6 is 0 Å². The van der Waals surface area contributed by atoms with Gasteiger partial charge in [0.05, 0.1) is 6.10 Å². The summed E-state index contributed by atoms with van der Waals surface area (Å²) < 4.78 is 0. The van der Waals surface area contributed by atoms with Crippen molar-refractivity contribution in [2.45, 2.75) is 84.2 Å². The molecule has 0 saturated carbocycles. The average molecular weight is 276 g/mol. The van der Waals surface area contributed by atoms with Crippen LogP contribution in [0.1, 0.15) is 89.9 Å². The van der Waals surface area contributed by atoms with Crippen molar-refractivity contribution in [3.8, 4) is 0 Å². The van der Waals surface area contributed by atoms with E-state index in [1.807, 2.05) is 6.07 Å². The van der Waals surface area contributed by atoms with Crippen molar-refractivity contribution >= 4 is 0 Å². The molecule has 1 nitrogen and oxygen atoms in total. The van der Waals surface area contributed by atoms with E-state index in [2.05, 4.69) is 45.9 Å². The maximum atomic E-state index is 10.5. The van der Waals surface area contributed by atoms with E-state index in [-0.39, 0.29) is 11.5 Å². The van der Waals surface area contributed by atoms with E-state index in [1.54, 1.807) is 0 Å². The predicted octanol–water partition coefficient (Wildman–Crippen LogP) is 5.77. The Labute approximate surface area is 125 Å². The molecule has 0 heterocycles. The van der Waals surface area contributed by atoms with Crippen LogP contribution < -0.4 is 0 Å². The lowest BCUT2D eigenvalue weighted by molar-refractivity contribution is 0.161. The molecule has 0 aliphatic rings. The summed E-state index contributed by atoms with van der Waals surface area (Å²) in [7, 11) is 0. The van der Waals surface area contributed by atoms with E-state index in [0.29, 0.717) is 0 Å². The lowest BCUT2D eigenvalue weighted by Gasteiger charge is -2.25. The first kappa shape index (κ1) is 17.2. The second-order valence-electron chi connectivity index (χ2n) is 6.91. The second-order valence-corrected chi connectivity index (χ2v) is 6.91. The number of hydrogen-bond acceptors (Lipinski definition) is 1. The minimum absolute atomic E-state index is 0.0959. The van der Waals surface area contributed by atoms with Crippen molar-refractivity contribution in [1.29, 1.82) is 0 Å². The van der Waals surface area contributed by atoms with E-state index in [0.717, 1.165) is 18.4 Å². The van der Waals surface area contributed by atoms with Gasteiger partial charge in [0.15, 0.2) is 0 Å². The van der Waals surface area contributed by atoms with Gasteiger partial charge in [-0.2, -0.15) is 0 Å². The maximum absolute atomic E-state index is 10.5. The summed E-state index contributed by atoms with van der Waals surface area (Å²) in [6.45, 7) is 8.88. The predicted molar refractivity (Wildman–Crippen MR) is 88.1 cm³/mol. The topological polar surface area (TPSA) is 20.2 Å². The van der Waals surface area contributed by atoms with Crippen LogP contribution in [-0.4, -0.2) is 5.11 Å². The number of rotatable bonds is 8. The molecule has 0 saturated heterocycles. The van der Waals surface area contributed by atoms with Gasteiger partial charge >= 0.3 is 0 Å². The normalized spacial score (nSPS) is 13.4. The van der Waals surface area contributed by atoms with E-state index >= 15 is 0 Å². The Morgan fingerprint density at radius 2 is 1.55 bits per heavy atom. The molecule has 1 unspecified atom stereocenters. The molecule has 0 fully saturated rings. The zero-order chi connectivity index (χ0) is 15.0. The summed E-state index contributed by atoms with van der Waals surface area (Å²) >= 11 is 0. The average Bonchev–Trinajstić information content (AvgIpc) is 2.41. The zero-order valence-electron chi connectivity index (χ0n) is 13.8. The van der Waals surface area contributed by atoms with Crippen molar-refractivity contribution in [1.82, 2.24) is 0 Å². The number of unbranched alkanes of at least 4 members (excludes halogenated alkanes) is 5. The molecular weight excluding hydrogens is 244 g/mol. The Bertz CT molecular complexity index is 376. The van der Waals surface area contributed by atoms with Crippen LogP contribution in [0, 0.1) is 0 Å². The molecule has 0 aliphatic heterocycles. The highest BCUT2D eigenvalue weighted by Gasteiger charge is 2.20. The molecule has 0 spiro atoms. The van der Waals surface area contributed by atoms with Crippen LogP contribution in [-0.2, 0) is 5.41 Å². The quantitative estimate of drug-likeness (QED) is 0.598. The third-order valence-corrected chi connectivity index (χ3v) is 3.96. The minimum atomic E-state index is -0.309. The minimum Gasteiger partial charge on any atom is -0.388 e. The van der Waals surface area contributed by atoms with Crippen molar-refractivity contribution in [3.63, 3.8) is 0 Å². The van der Waals surface area contributed by atoms with E-state index in [1.165, 1.54) is 37.7 Å². The molecule has 0 bridgehead atoms. The third-order valence-electron chi connectivity index (χ3n) is 3.96. The summed E-state index contributed by atoms with van der Waals surface area (Å²) in [5.41, 5.74) is 2.49. The zero-order valence-corrected chi connectivity index (χ0v) is 13.8. The van der Waals surface area contributed by atoms with Gasteiger partial charge in [0.25, 0.3) is 0 Å². The van der Waals surface area contributed by atoms with E-state index in [9.17, 15) is 5.11 Å². The summed E-state index contributed by atoms with van der Waals surface area (Å²) in [6, 6.07) is 8.35. The lowest BCUT2D eigenvalue weighted by atomic mass is 9.81. The Hall–Kier alpha value is -0.820. The summed E-state index contributed by atoms with van der Waals surface area (Å²) in [4.78, 5) is 0. The molecule has 0 amide bonds. The highest BCUT2D eigenvalue weighted by molar-refractivity contribution is 5.34. The van der Waals surface area contributed by atoms with Gasteiger partial charge in [-0.05, 0) is 23.0 Å². The van der Waals surface area contributed by atoms with Crippen LogP contribution in [0.15, 0.2) is 24.3 Å². The van der Waals surface area contributed by atoms with Crippen LogP contribution in [0.5, 0.6) is 0 Å². The Balaban J connectivity index is 2.49. The molecule has 1 aromatic carbocycles. The fourth-order valence-electron chi connectivity index (χ4n) is 2.74. The second kappa shape index (κ2) is 8.46. The van der Waals surface area contributed by atoms with Gasteiger partial charge < -0.3 is 5.11 Å².